The zero-order valence-electron chi connectivity index (χ0n) is 14.9. The van der Waals surface area contributed by atoms with Gasteiger partial charge in [-0.05, 0) is 45.2 Å². The van der Waals surface area contributed by atoms with E-state index in [4.69, 9.17) is 4.99 Å². The van der Waals surface area contributed by atoms with Crippen molar-refractivity contribution in [2.75, 3.05) is 26.2 Å². The van der Waals surface area contributed by atoms with Crippen LogP contribution in [0.5, 0.6) is 0 Å². The SMILES string of the molecule is CCCN1CCC(NC(=NCc2cccc(C)c2)NCC)CC1. The molecule has 0 saturated carbocycles. The molecule has 4 heteroatoms. The van der Waals surface area contributed by atoms with Crippen LogP contribution in [0.4, 0.5) is 0 Å². The van der Waals surface area contributed by atoms with Crippen molar-refractivity contribution >= 4 is 5.96 Å². The first-order chi connectivity index (χ1) is 11.2. The highest BCUT2D eigenvalue weighted by molar-refractivity contribution is 5.80. The van der Waals surface area contributed by atoms with Gasteiger partial charge in [0.1, 0.15) is 0 Å². The van der Waals surface area contributed by atoms with E-state index < -0.39 is 0 Å². The summed E-state index contributed by atoms with van der Waals surface area (Å²) >= 11 is 0. The van der Waals surface area contributed by atoms with Gasteiger partial charge in [-0.15, -0.1) is 0 Å². The Balaban J connectivity index is 1.87. The second kappa shape index (κ2) is 9.56. The van der Waals surface area contributed by atoms with Gasteiger partial charge in [0, 0.05) is 25.7 Å². The number of aryl methyl sites for hydroxylation is 1. The molecule has 1 aromatic carbocycles. The van der Waals surface area contributed by atoms with E-state index in [0.717, 1.165) is 19.0 Å². The van der Waals surface area contributed by atoms with Crippen molar-refractivity contribution in [2.45, 2.75) is 52.6 Å². The van der Waals surface area contributed by atoms with Gasteiger partial charge in [0.05, 0.1) is 6.54 Å². The predicted octanol–water partition coefficient (Wildman–Crippen LogP) is 2.92. The smallest absolute Gasteiger partial charge is 0.191 e. The average molecular weight is 316 g/mol. The quantitative estimate of drug-likeness (QED) is 0.626. The van der Waals surface area contributed by atoms with E-state index in [-0.39, 0.29) is 0 Å². The third-order valence-corrected chi connectivity index (χ3v) is 4.31. The molecule has 0 radical (unpaired) electrons. The van der Waals surface area contributed by atoms with Gasteiger partial charge >= 0.3 is 0 Å². The zero-order valence-corrected chi connectivity index (χ0v) is 14.9. The summed E-state index contributed by atoms with van der Waals surface area (Å²) in [5.41, 5.74) is 2.55. The van der Waals surface area contributed by atoms with Gasteiger partial charge in [-0.1, -0.05) is 36.8 Å². The summed E-state index contributed by atoms with van der Waals surface area (Å²) in [5.74, 6) is 0.947. The van der Waals surface area contributed by atoms with E-state index in [9.17, 15) is 0 Å². The summed E-state index contributed by atoms with van der Waals surface area (Å²) < 4.78 is 0. The van der Waals surface area contributed by atoms with Crippen LogP contribution in [0.3, 0.4) is 0 Å². The Morgan fingerprint density at radius 2 is 2.04 bits per heavy atom. The van der Waals surface area contributed by atoms with Gasteiger partial charge in [-0.3, -0.25) is 0 Å². The van der Waals surface area contributed by atoms with E-state index in [1.54, 1.807) is 0 Å². The van der Waals surface area contributed by atoms with Crippen molar-refractivity contribution in [1.82, 2.24) is 15.5 Å². The fraction of sp³-hybridized carbons (Fsp3) is 0.632. The predicted molar refractivity (Wildman–Crippen MR) is 98.9 cm³/mol. The van der Waals surface area contributed by atoms with Crippen LogP contribution < -0.4 is 10.6 Å². The number of nitrogens with one attached hydrogen (secondary N) is 2. The molecule has 128 valence electrons. The van der Waals surface area contributed by atoms with Crippen molar-refractivity contribution in [3.8, 4) is 0 Å². The number of hydrogen-bond acceptors (Lipinski definition) is 2. The van der Waals surface area contributed by atoms with Crippen LogP contribution in [0.2, 0.25) is 0 Å². The lowest BCUT2D eigenvalue weighted by Gasteiger charge is -2.32. The van der Waals surface area contributed by atoms with Crippen molar-refractivity contribution in [3.05, 3.63) is 35.4 Å². The van der Waals surface area contributed by atoms with Crippen LogP contribution in [0, 0.1) is 6.92 Å². The van der Waals surface area contributed by atoms with Crippen molar-refractivity contribution < 1.29 is 0 Å². The van der Waals surface area contributed by atoms with Crippen LogP contribution in [-0.2, 0) is 6.54 Å². The lowest BCUT2D eigenvalue weighted by atomic mass is 10.1. The highest BCUT2D eigenvalue weighted by atomic mass is 15.2. The van der Waals surface area contributed by atoms with Gasteiger partial charge in [0.15, 0.2) is 5.96 Å². The van der Waals surface area contributed by atoms with Crippen molar-refractivity contribution in [2.24, 2.45) is 4.99 Å². The van der Waals surface area contributed by atoms with Gasteiger partial charge in [0.2, 0.25) is 0 Å². The molecule has 0 atom stereocenters. The van der Waals surface area contributed by atoms with Gasteiger partial charge in [-0.25, -0.2) is 4.99 Å². The summed E-state index contributed by atoms with van der Waals surface area (Å²) in [6.45, 7) is 11.7. The number of nitrogens with zero attached hydrogens (tertiary/aromatic N) is 2. The minimum Gasteiger partial charge on any atom is -0.357 e. The topological polar surface area (TPSA) is 39.7 Å². The Kier molecular flexibility index (Phi) is 7.40. The average Bonchev–Trinajstić information content (AvgIpc) is 2.55. The van der Waals surface area contributed by atoms with Crippen LogP contribution in [-0.4, -0.2) is 43.1 Å². The molecule has 23 heavy (non-hydrogen) atoms. The molecule has 2 rings (SSSR count). The molecule has 2 N–H and O–H groups in total. The van der Waals surface area contributed by atoms with Gasteiger partial charge in [0.25, 0.3) is 0 Å². The van der Waals surface area contributed by atoms with Gasteiger partial charge < -0.3 is 15.5 Å². The van der Waals surface area contributed by atoms with Crippen LogP contribution in [0.25, 0.3) is 0 Å². The standard InChI is InChI=1S/C19H32N4/c1-4-11-23-12-9-18(10-13-23)22-19(20-5-2)21-15-17-8-6-7-16(3)14-17/h6-8,14,18H,4-5,9-13,15H2,1-3H3,(H2,20,21,22). The Morgan fingerprint density at radius 3 is 2.70 bits per heavy atom. The second-order valence-corrected chi connectivity index (χ2v) is 6.44. The normalized spacial score (nSPS) is 17.3. The highest BCUT2D eigenvalue weighted by Crippen LogP contribution is 2.11. The lowest BCUT2D eigenvalue weighted by Crippen LogP contribution is -2.48. The number of guanidine groups is 1. The number of benzene rings is 1. The largest absolute Gasteiger partial charge is 0.357 e. The monoisotopic (exact) mass is 316 g/mol. The zero-order chi connectivity index (χ0) is 16.5. The molecule has 0 amide bonds. The van der Waals surface area contributed by atoms with Crippen LogP contribution in [0.1, 0.15) is 44.2 Å². The Hall–Kier alpha value is -1.55. The number of rotatable bonds is 6. The summed E-state index contributed by atoms with van der Waals surface area (Å²) in [7, 11) is 0. The lowest BCUT2D eigenvalue weighted by molar-refractivity contribution is 0.206. The van der Waals surface area contributed by atoms with Crippen LogP contribution >= 0.6 is 0 Å². The fourth-order valence-electron chi connectivity index (χ4n) is 3.11. The molecule has 4 nitrogen and oxygen atoms in total. The first kappa shape index (κ1) is 17.8. The first-order valence-corrected chi connectivity index (χ1v) is 9.04. The Bertz CT molecular complexity index is 490. The van der Waals surface area contributed by atoms with Gasteiger partial charge in [-0.2, -0.15) is 0 Å². The molecule has 0 aromatic heterocycles. The second-order valence-electron chi connectivity index (χ2n) is 6.44. The van der Waals surface area contributed by atoms with Crippen molar-refractivity contribution in [1.29, 1.82) is 0 Å². The minimum absolute atomic E-state index is 0.540. The first-order valence-electron chi connectivity index (χ1n) is 9.04. The summed E-state index contributed by atoms with van der Waals surface area (Å²) in [5, 5.41) is 6.99. The number of piperidine rings is 1. The third kappa shape index (κ3) is 6.22. The van der Waals surface area contributed by atoms with E-state index in [0.29, 0.717) is 6.04 Å². The maximum atomic E-state index is 4.76. The number of likely N-dealkylation sites (tertiary alicyclic amines) is 1. The summed E-state index contributed by atoms with van der Waals surface area (Å²) in [6, 6.07) is 9.11. The molecule has 1 saturated heterocycles. The third-order valence-electron chi connectivity index (χ3n) is 4.31. The molecule has 1 heterocycles. The fourth-order valence-corrected chi connectivity index (χ4v) is 3.11. The molecule has 1 aromatic rings. The van der Waals surface area contributed by atoms with E-state index in [1.807, 2.05) is 0 Å². The minimum atomic E-state index is 0.540. The van der Waals surface area contributed by atoms with E-state index >= 15 is 0 Å². The molecular formula is C19H32N4. The van der Waals surface area contributed by atoms with E-state index in [1.165, 1.54) is 50.0 Å². The molecule has 0 aliphatic carbocycles. The molecular weight excluding hydrogens is 284 g/mol. The van der Waals surface area contributed by atoms with E-state index in [2.05, 4.69) is 60.6 Å². The molecule has 0 bridgehead atoms. The Morgan fingerprint density at radius 1 is 1.26 bits per heavy atom. The molecule has 1 aliphatic rings. The molecule has 1 aliphatic heterocycles. The summed E-state index contributed by atoms with van der Waals surface area (Å²) in [4.78, 5) is 7.32. The maximum absolute atomic E-state index is 4.76. The molecule has 1 fully saturated rings. The maximum Gasteiger partial charge on any atom is 0.191 e. The number of aliphatic imine (C=N–C) groups is 1. The molecule has 0 spiro atoms. The summed E-state index contributed by atoms with van der Waals surface area (Å²) in [6.07, 6.45) is 3.66. The molecule has 0 unspecified atom stereocenters. The van der Waals surface area contributed by atoms with Crippen molar-refractivity contribution in [3.63, 3.8) is 0 Å². The number of hydrogen-bond donors (Lipinski definition) is 2. The van der Waals surface area contributed by atoms with Crippen LogP contribution in [0.15, 0.2) is 29.3 Å². The Labute approximate surface area is 141 Å². The highest BCUT2D eigenvalue weighted by Gasteiger charge is 2.19.